The number of piperazine rings is 1. The summed E-state index contributed by atoms with van der Waals surface area (Å²) in [5.74, 6) is 1.49. The number of rotatable bonds is 6. The molecule has 2 heterocycles. The summed E-state index contributed by atoms with van der Waals surface area (Å²) >= 11 is 1.87. The Morgan fingerprint density at radius 3 is 2.56 bits per heavy atom. The third kappa shape index (κ3) is 4.42. The number of carbonyl (C=O) groups is 1. The largest absolute Gasteiger partial charge is 0.497 e. The molecule has 0 atom stereocenters. The van der Waals surface area contributed by atoms with Crippen LogP contribution in [0.5, 0.6) is 11.5 Å². The van der Waals surface area contributed by atoms with E-state index >= 15 is 0 Å². The molecule has 1 aliphatic heterocycles. The summed E-state index contributed by atoms with van der Waals surface area (Å²) in [6.45, 7) is 4.25. The summed E-state index contributed by atoms with van der Waals surface area (Å²) in [6, 6.07) is 7.28. The molecule has 2 aliphatic rings. The number of benzene rings is 1. The second-order valence-corrected chi connectivity index (χ2v) is 8.12. The number of amides is 1. The van der Waals surface area contributed by atoms with Crippen molar-refractivity contribution in [2.75, 3.05) is 39.9 Å². The van der Waals surface area contributed by atoms with Gasteiger partial charge in [-0.2, -0.15) is 0 Å². The van der Waals surface area contributed by atoms with Gasteiger partial charge in [0.1, 0.15) is 16.5 Å². The summed E-state index contributed by atoms with van der Waals surface area (Å²) in [6.07, 6.45) is 3.60. The average molecular weight is 388 g/mol. The second kappa shape index (κ2) is 8.27. The van der Waals surface area contributed by atoms with E-state index in [1.165, 1.54) is 28.4 Å². The van der Waals surface area contributed by atoms with E-state index in [2.05, 4.69) is 4.90 Å². The minimum Gasteiger partial charge on any atom is -0.497 e. The van der Waals surface area contributed by atoms with Crippen molar-refractivity contribution in [3.05, 3.63) is 39.8 Å². The second-order valence-electron chi connectivity index (χ2n) is 6.95. The van der Waals surface area contributed by atoms with E-state index in [1.807, 2.05) is 40.5 Å². The number of hydrogen-bond donors (Lipinski definition) is 0. The molecular weight excluding hydrogens is 362 g/mol. The number of carbonyl (C=O) groups excluding carboxylic acids is 1. The van der Waals surface area contributed by atoms with Crippen LogP contribution in [0.25, 0.3) is 0 Å². The van der Waals surface area contributed by atoms with Crippen LogP contribution in [0.4, 0.5) is 0 Å². The van der Waals surface area contributed by atoms with Gasteiger partial charge < -0.3 is 14.4 Å². The van der Waals surface area contributed by atoms with Crippen LogP contribution in [0.3, 0.4) is 0 Å². The maximum absolute atomic E-state index is 12.4. The van der Waals surface area contributed by atoms with E-state index in [9.17, 15) is 4.79 Å². The lowest BCUT2D eigenvalue weighted by atomic mass is 10.3. The van der Waals surface area contributed by atoms with Gasteiger partial charge in [-0.15, -0.1) is 11.3 Å². The zero-order valence-electron chi connectivity index (χ0n) is 15.6. The molecule has 7 heteroatoms. The molecule has 144 valence electrons. The number of methoxy groups -OCH3 is 1. The van der Waals surface area contributed by atoms with E-state index in [-0.39, 0.29) is 12.5 Å². The first kappa shape index (κ1) is 18.3. The summed E-state index contributed by atoms with van der Waals surface area (Å²) in [5.41, 5.74) is 1.32. The predicted molar refractivity (Wildman–Crippen MR) is 104 cm³/mol. The van der Waals surface area contributed by atoms with Gasteiger partial charge in [0, 0.05) is 31.1 Å². The number of thiazole rings is 1. The van der Waals surface area contributed by atoms with E-state index in [0.29, 0.717) is 5.75 Å². The fraction of sp³-hybridized carbons (Fsp3) is 0.500. The van der Waals surface area contributed by atoms with Crippen molar-refractivity contribution in [2.24, 2.45) is 0 Å². The number of ether oxygens (including phenoxy) is 2. The van der Waals surface area contributed by atoms with Crippen LogP contribution in [0, 0.1) is 0 Å². The molecule has 4 rings (SSSR count). The van der Waals surface area contributed by atoms with Gasteiger partial charge >= 0.3 is 0 Å². The highest BCUT2D eigenvalue weighted by atomic mass is 32.1. The van der Waals surface area contributed by atoms with Gasteiger partial charge in [0.25, 0.3) is 5.91 Å². The van der Waals surface area contributed by atoms with Crippen molar-refractivity contribution in [3.8, 4) is 11.5 Å². The Labute approximate surface area is 163 Å². The molecule has 1 aromatic heterocycles. The van der Waals surface area contributed by atoms with Gasteiger partial charge in [0.2, 0.25) is 0 Å². The van der Waals surface area contributed by atoms with Crippen molar-refractivity contribution in [3.63, 3.8) is 0 Å². The molecule has 27 heavy (non-hydrogen) atoms. The molecule has 1 aliphatic carbocycles. The first-order chi connectivity index (χ1) is 13.2. The molecule has 1 saturated heterocycles. The van der Waals surface area contributed by atoms with Crippen LogP contribution in [0.15, 0.2) is 24.3 Å². The molecule has 1 fully saturated rings. The lowest BCUT2D eigenvalue weighted by Gasteiger charge is -2.34. The number of nitrogens with zero attached hydrogens (tertiary/aromatic N) is 3. The van der Waals surface area contributed by atoms with Gasteiger partial charge in [-0.25, -0.2) is 4.98 Å². The molecule has 2 aromatic rings. The van der Waals surface area contributed by atoms with Crippen molar-refractivity contribution >= 4 is 17.2 Å². The lowest BCUT2D eigenvalue weighted by Crippen LogP contribution is -2.49. The Bertz CT molecular complexity index is 761. The normalized spacial score (nSPS) is 17.0. The zero-order valence-corrected chi connectivity index (χ0v) is 16.5. The van der Waals surface area contributed by atoms with Gasteiger partial charge in [0.05, 0.1) is 19.3 Å². The number of hydrogen-bond acceptors (Lipinski definition) is 6. The number of aromatic nitrogens is 1. The van der Waals surface area contributed by atoms with Crippen LogP contribution in [0.1, 0.15) is 22.0 Å². The van der Waals surface area contributed by atoms with E-state index in [4.69, 9.17) is 14.5 Å². The quantitative estimate of drug-likeness (QED) is 0.762. The third-order valence-corrected chi connectivity index (χ3v) is 6.29. The molecule has 6 nitrogen and oxygen atoms in total. The highest BCUT2D eigenvalue weighted by Gasteiger charge is 2.23. The van der Waals surface area contributed by atoms with E-state index in [0.717, 1.165) is 44.9 Å². The van der Waals surface area contributed by atoms with Crippen LogP contribution >= 0.6 is 11.3 Å². The molecule has 0 spiro atoms. The molecule has 0 saturated carbocycles. The molecule has 0 N–H and O–H groups in total. The number of aryl methyl sites for hydroxylation is 2. The Balaban J connectivity index is 1.21. The van der Waals surface area contributed by atoms with Crippen LogP contribution in [-0.4, -0.2) is 60.6 Å². The van der Waals surface area contributed by atoms with Crippen LogP contribution in [0.2, 0.25) is 0 Å². The fourth-order valence-corrected chi connectivity index (χ4v) is 4.77. The summed E-state index contributed by atoms with van der Waals surface area (Å²) < 4.78 is 10.7. The molecule has 1 amide bonds. The maximum atomic E-state index is 12.4. The van der Waals surface area contributed by atoms with Gasteiger partial charge in [-0.05, 0) is 43.5 Å². The molecular formula is C20H25N3O3S. The number of fused-ring (bicyclic) bond motifs is 1. The van der Waals surface area contributed by atoms with E-state index < -0.39 is 0 Å². The van der Waals surface area contributed by atoms with Gasteiger partial charge in [-0.1, -0.05) is 0 Å². The zero-order chi connectivity index (χ0) is 18.6. The summed E-state index contributed by atoms with van der Waals surface area (Å²) in [4.78, 5) is 22.9. The van der Waals surface area contributed by atoms with Crippen LogP contribution < -0.4 is 9.47 Å². The van der Waals surface area contributed by atoms with Crippen molar-refractivity contribution in [1.29, 1.82) is 0 Å². The van der Waals surface area contributed by atoms with Crippen molar-refractivity contribution in [2.45, 2.75) is 25.8 Å². The molecule has 0 radical (unpaired) electrons. The first-order valence-corrected chi connectivity index (χ1v) is 10.3. The maximum Gasteiger partial charge on any atom is 0.260 e. The molecule has 0 unspecified atom stereocenters. The average Bonchev–Trinajstić information content (AvgIpc) is 3.29. The molecule has 1 aromatic carbocycles. The van der Waals surface area contributed by atoms with Crippen molar-refractivity contribution < 1.29 is 14.3 Å². The minimum absolute atomic E-state index is 0.0405. The minimum atomic E-state index is 0.0405. The topological polar surface area (TPSA) is 54.9 Å². The summed E-state index contributed by atoms with van der Waals surface area (Å²) in [5, 5.41) is 1.22. The smallest absolute Gasteiger partial charge is 0.260 e. The summed E-state index contributed by atoms with van der Waals surface area (Å²) in [7, 11) is 1.63. The van der Waals surface area contributed by atoms with Gasteiger partial charge in [-0.3, -0.25) is 9.69 Å². The fourth-order valence-electron chi connectivity index (χ4n) is 3.57. The van der Waals surface area contributed by atoms with Crippen molar-refractivity contribution in [1.82, 2.24) is 14.8 Å². The Hall–Kier alpha value is -2.12. The van der Waals surface area contributed by atoms with E-state index in [1.54, 1.807) is 7.11 Å². The van der Waals surface area contributed by atoms with Gasteiger partial charge in [0.15, 0.2) is 6.61 Å². The first-order valence-electron chi connectivity index (χ1n) is 9.46. The highest BCUT2D eigenvalue weighted by Crippen LogP contribution is 2.28. The third-order valence-electron chi connectivity index (χ3n) is 5.15. The Morgan fingerprint density at radius 2 is 1.85 bits per heavy atom. The monoisotopic (exact) mass is 387 g/mol. The Kier molecular flexibility index (Phi) is 5.59. The predicted octanol–water partition coefficient (Wildman–Crippen LogP) is 2.36. The SMILES string of the molecule is COc1ccc(OCC(=O)N2CCN(Cc3nc4c(s3)CCC4)CC2)cc1. The Morgan fingerprint density at radius 1 is 1.11 bits per heavy atom. The standard InChI is InChI=1S/C20H25N3O3S/c1-25-15-5-7-16(8-6-15)26-14-20(24)23-11-9-22(10-12-23)13-19-21-17-3-2-4-18(17)27-19/h5-8H,2-4,9-14H2,1H3. The lowest BCUT2D eigenvalue weighted by molar-refractivity contribution is -0.135. The van der Waals surface area contributed by atoms with Crippen LogP contribution in [-0.2, 0) is 24.2 Å². The molecule has 0 bridgehead atoms. The highest BCUT2D eigenvalue weighted by molar-refractivity contribution is 7.11.